The van der Waals surface area contributed by atoms with Gasteiger partial charge in [-0.15, -0.1) is 0 Å². The number of carbonyl (C=O) groups is 2. The maximum atomic E-state index is 12.0. The topological polar surface area (TPSA) is 63.6 Å². The highest BCUT2D eigenvalue weighted by Crippen LogP contribution is 2.29. The Morgan fingerprint density at radius 1 is 1.22 bits per heavy atom. The van der Waals surface area contributed by atoms with Crippen molar-refractivity contribution in [1.82, 2.24) is 0 Å². The zero-order chi connectivity index (χ0) is 13.5. The van der Waals surface area contributed by atoms with Gasteiger partial charge in [-0.3, -0.25) is 0 Å². The molecule has 0 amide bonds. The smallest absolute Gasteiger partial charge is 0.338 e. The third-order valence-corrected chi connectivity index (χ3v) is 2.88. The van der Waals surface area contributed by atoms with Crippen molar-refractivity contribution in [2.75, 3.05) is 0 Å². The van der Waals surface area contributed by atoms with Gasteiger partial charge in [0.15, 0.2) is 0 Å². The summed E-state index contributed by atoms with van der Waals surface area (Å²) >= 11 is 0. The van der Waals surface area contributed by atoms with Gasteiger partial charge in [-0.05, 0) is 50.8 Å². The number of carbonyl (C=O) groups excluding carboxylic acids is 1. The molecule has 0 aliphatic heterocycles. The third kappa shape index (κ3) is 2.23. The summed E-state index contributed by atoms with van der Waals surface area (Å²) in [6.45, 7) is 5.37. The summed E-state index contributed by atoms with van der Waals surface area (Å²) in [5.41, 5.74) is 1.48. The van der Waals surface area contributed by atoms with Crippen LogP contribution in [0.1, 0.15) is 52.6 Å². The molecular weight excluding hydrogens is 232 g/mol. The second-order valence-corrected chi connectivity index (χ2v) is 5.43. The van der Waals surface area contributed by atoms with Crippen molar-refractivity contribution in [2.45, 2.75) is 39.2 Å². The molecule has 1 N–H and O–H groups in total. The van der Waals surface area contributed by atoms with Gasteiger partial charge in [0.2, 0.25) is 0 Å². The van der Waals surface area contributed by atoms with Crippen molar-refractivity contribution in [2.24, 2.45) is 0 Å². The van der Waals surface area contributed by atoms with Gasteiger partial charge >= 0.3 is 11.9 Å². The van der Waals surface area contributed by atoms with Gasteiger partial charge < -0.3 is 9.84 Å². The minimum absolute atomic E-state index is 0.276. The molecule has 4 nitrogen and oxygen atoms in total. The molecule has 0 fully saturated rings. The van der Waals surface area contributed by atoms with Crippen LogP contribution in [0.5, 0.6) is 0 Å². The van der Waals surface area contributed by atoms with Crippen LogP contribution in [0.15, 0.2) is 12.1 Å². The number of aryl methyl sites for hydroxylation is 1. The standard InChI is InChI=1S/C14H16O4/c1-14(2,3)18-13(17)10-7-5-8-4-6-9(10)11(8)12(15)16/h5,7H,4,6H2,1-3H3,(H,15,16). The highest BCUT2D eigenvalue weighted by atomic mass is 16.6. The van der Waals surface area contributed by atoms with E-state index in [1.165, 1.54) is 0 Å². The van der Waals surface area contributed by atoms with Crippen LogP contribution in [-0.2, 0) is 17.6 Å². The van der Waals surface area contributed by atoms with E-state index >= 15 is 0 Å². The molecule has 4 heteroatoms. The van der Waals surface area contributed by atoms with Gasteiger partial charge in [-0.1, -0.05) is 6.07 Å². The lowest BCUT2D eigenvalue weighted by Gasteiger charge is -2.20. The lowest BCUT2D eigenvalue weighted by molar-refractivity contribution is 0.00685. The van der Waals surface area contributed by atoms with Crippen LogP contribution in [0.2, 0.25) is 0 Å². The highest BCUT2D eigenvalue weighted by Gasteiger charge is 2.29. The van der Waals surface area contributed by atoms with E-state index in [1.54, 1.807) is 32.9 Å². The van der Waals surface area contributed by atoms with E-state index in [2.05, 4.69) is 0 Å². The average Bonchev–Trinajstić information content (AvgIpc) is 2.50. The highest BCUT2D eigenvalue weighted by molar-refractivity contribution is 5.99. The number of hydrogen-bond acceptors (Lipinski definition) is 3. The maximum Gasteiger partial charge on any atom is 0.338 e. The summed E-state index contributed by atoms with van der Waals surface area (Å²) < 4.78 is 5.29. The number of ether oxygens (including phenoxy) is 1. The number of rotatable bonds is 2. The van der Waals surface area contributed by atoms with Gasteiger partial charge in [0.25, 0.3) is 0 Å². The Bertz CT molecular complexity index is 523. The SMILES string of the molecule is CC(C)(C)OC(=O)c1ccc2c(C(=O)O)c1CC2. The quantitative estimate of drug-likeness (QED) is 0.816. The fourth-order valence-electron chi connectivity index (χ4n) is 2.21. The van der Waals surface area contributed by atoms with Crippen molar-refractivity contribution < 1.29 is 19.4 Å². The number of carboxylic acids is 1. The zero-order valence-electron chi connectivity index (χ0n) is 10.7. The van der Waals surface area contributed by atoms with Crippen molar-refractivity contribution in [3.05, 3.63) is 34.4 Å². The summed E-state index contributed by atoms with van der Waals surface area (Å²) in [5.74, 6) is -1.42. The first-order valence-electron chi connectivity index (χ1n) is 5.91. The minimum atomic E-state index is -0.970. The van der Waals surface area contributed by atoms with E-state index in [4.69, 9.17) is 4.74 Å². The molecule has 1 aromatic rings. The van der Waals surface area contributed by atoms with E-state index in [0.717, 1.165) is 5.56 Å². The van der Waals surface area contributed by atoms with E-state index in [1.807, 2.05) is 0 Å². The van der Waals surface area contributed by atoms with E-state index in [0.29, 0.717) is 24.0 Å². The first-order chi connectivity index (χ1) is 8.29. The molecule has 1 aromatic carbocycles. The van der Waals surface area contributed by atoms with Crippen LogP contribution >= 0.6 is 0 Å². The molecule has 1 aliphatic carbocycles. The number of esters is 1. The largest absolute Gasteiger partial charge is 0.478 e. The molecule has 2 bridgehead atoms. The summed E-state index contributed by atoms with van der Waals surface area (Å²) in [6, 6.07) is 3.37. The fraction of sp³-hybridized carbons (Fsp3) is 0.429. The molecule has 0 unspecified atom stereocenters. The second-order valence-electron chi connectivity index (χ2n) is 5.43. The van der Waals surface area contributed by atoms with Gasteiger partial charge in [-0.25, -0.2) is 9.59 Å². The molecule has 0 saturated heterocycles. The first kappa shape index (κ1) is 12.6. The van der Waals surface area contributed by atoms with E-state index in [-0.39, 0.29) is 5.56 Å². The van der Waals surface area contributed by atoms with Crippen molar-refractivity contribution in [3.8, 4) is 0 Å². The van der Waals surface area contributed by atoms with Gasteiger partial charge in [-0.2, -0.15) is 0 Å². The Kier molecular flexibility index (Phi) is 2.89. The molecule has 0 aromatic heterocycles. The minimum Gasteiger partial charge on any atom is -0.478 e. The van der Waals surface area contributed by atoms with Gasteiger partial charge in [0.1, 0.15) is 5.60 Å². The Labute approximate surface area is 106 Å². The molecule has 2 rings (SSSR count). The third-order valence-electron chi connectivity index (χ3n) is 2.88. The molecule has 0 radical (unpaired) electrons. The Morgan fingerprint density at radius 3 is 2.44 bits per heavy atom. The number of hydrogen-bond donors (Lipinski definition) is 1. The normalized spacial score (nSPS) is 13.5. The van der Waals surface area contributed by atoms with Gasteiger partial charge in [0, 0.05) is 0 Å². The molecule has 18 heavy (non-hydrogen) atoms. The first-order valence-corrected chi connectivity index (χ1v) is 5.91. The average molecular weight is 248 g/mol. The second kappa shape index (κ2) is 4.12. The van der Waals surface area contributed by atoms with Crippen LogP contribution in [0.4, 0.5) is 0 Å². The summed E-state index contributed by atoms with van der Waals surface area (Å²) in [5, 5.41) is 9.17. The van der Waals surface area contributed by atoms with Gasteiger partial charge in [0.05, 0.1) is 11.1 Å². The summed E-state index contributed by atoms with van der Waals surface area (Å²) in [7, 11) is 0. The van der Waals surface area contributed by atoms with E-state index < -0.39 is 17.5 Å². The molecule has 1 aliphatic rings. The Morgan fingerprint density at radius 2 is 1.89 bits per heavy atom. The molecule has 0 spiro atoms. The predicted molar refractivity (Wildman–Crippen MR) is 66.0 cm³/mol. The number of benzene rings is 1. The van der Waals surface area contributed by atoms with Crippen molar-refractivity contribution >= 4 is 11.9 Å². The van der Waals surface area contributed by atoms with Crippen LogP contribution in [0.25, 0.3) is 0 Å². The Hall–Kier alpha value is -1.84. The Balaban J connectivity index is 2.41. The lowest BCUT2D eigenvalue weighted by Crippen LogP contribution is -2.24. The van der Waals surface area contributed by atoms with Crippen molar-refractivity contribution in [3.63, 3.8) is 0 Å². The predicted octanol–water partition coefficient (Wildman–Crippen LogP) is 2.44. The van der Waals surface area contributed by atoms with Crippen LogP contribution in [-0.4, -0.2) is 22.6 Å². The lowest BCUT2D eigenvalue weighted by atomic mass is 10.0. The molecule has 0 atom stereocenters. The summed E-state index contributed by atoms with van der Waals surface area (Å²) in [4.78, 5) is 23.2. The van der Waals surface area contributed by atoms with Crippen LogP contribution in [0.3, 0.4) is 0 Å². The number of aromatic carboxylic acids is 1. The fourth-order valence-corrected chi connectivity index (χ4v) is 2.21. The molecule has 0 saturated carbocycles. The maximum absolute atomic E-state index is 12.0. The molecule has 0 heterocycles. The van der Waals surface area contributed by atoms with Crippen LogP contribution < -0.4 is 0 Å². The molecular formula is C14H16O4. The van der Waals surface area contributed by atoms with E-state index in [9.17, 15) is 14.7 Å². The number of carboxylic acid groups (broad SMARTS) is 1. The van der Waals surface area contributed by atoms with Crippen molar-refractivity contribution in [1.29, 1.82) is 0 Å². The number of fused-ring (bicyclic) bond motifs is 2. The zero-order valence-corrected chi connectivity index (χ0v) is 10.7. The monoisotopic (exact) mass is 248 g/mol. The van der Waals surface area contributed by atoms with Crippen LogP contribution in [0, 0.1) is 0 Å². The molecule has 96 valence electrons. The summed E-state index contributed by atoms with van der Waals surface area (Å²) in [6.07, 6.45) is 1.28.